The average molecular weight is 175 g/mol. The number of phenolic OH excluding ortho intramolecular Hbond substituents is 1. The molecule has 0 amide bonds. The van der Waals surface area contributed by atoms with Crippen molar-refractivity contribution >= 4 is 5.78 Å². The quantitative estimate of drug-likeness (QED) is 0.697. The molecule has 0 unspecified atom stereocenters. The number of ketones is 1. The highest BCUT2D eigenvalue weighted by Crippen LogP contribution is 2.19. The summed E-state index contributed by atoms with van der Waals surface area (Å²) >= 11 is 0. The maximum Gasteiger partial charge on any atom is 0.180 e. The van der Waals surface area contributed by atoms with Crippen LogP contribution in [0.25, 0.3) is 0 Å². The normalized spacial score (nSPS) is 9.23. The Balaban J connectivity index is 3.07. The molecular weight excluding hydrogens is 166 g/mol. The van der Waals surface area contributed by atoms with E-state index in [1.165, 1.54) is 6.07 Å². The van der Waals surface area contributed by atoms with E-state index in [1.54, 1.807) is 18.2 Å². The van der Waals surface area contributed by atoms with E-state index in [9.17, 15) is 9.90 Å². The average Bonchev–Trinajstić information content (AvgIpc) is 2.09. The van der Waals surface area contributed by atoms with Gasteiger partial charge in [-0.1, -0.05) is 11.6 Å². The lowest BCUT2D eigenvalue weighted by Gasteiger charge is -2.01. The van der Waals surface area contributed by atoms with Crippen molar-refractivity contribution in [3.05, 3.63) is 29.3 Å². The van der Waals surface area contributed by atoms with Crippen molar-refractivity contribution in [3.63, 3.8) is 0 Å². The van der Waals surface area contributed by atoms with E-state index in [2.05, 4.69) is 0 Å². The number of Topliss-reactive ketones (excluding diaryl/α,β-unsaturated/α-hetero) is 1. The van der Waals surface area contributed by atoms with Crippen molar-refractivity contribution in [2.45, 2.75) is 13.3 Å². The van der Waals surface area contributed by atoms with Gasteiger partial charge in [-0.25, -0.2) is 0 Å². The Kier molecular flexibility index (Phi) is 2.65. The van der Waals surface area contributed by atoms with E-state index in [0.29, 0.717) is 0 Å². The maximum atomic E-state index is 11.2. The third kappa shape index (κ3) is 2.06. The summed E-state index contributed by atoms with van der Waals surface area (Å²) in [6.45, 7) is 1.82. The van der Waals surface area contributed by atoms with Crippen LogP contribution in [0.15, 0.2) is 18.2 Å². The van der Waals surface area contributed by atoms with Crippen LogP contribution in [-0.2, 0) is 0 Å². The van der Waals surface area contributed by atoms with E-state index in [4.69, 9.17) is 5.26 Å². The third-order valence-corrected chi connectivity index (χ3v) is 1.69. The fourth-order valence-electron chi connectivity index (χ4n) is 1.04. The van der Waals surface area contributed by atoms with Crippen LogP contribution < -0.4 is 0 Å². The molecule has 0 aliphatic carbocycles. The number of hydrogen-bond acceptors (Lipinski definition) is 3. The van der Waals surface area contributed by atoms with Gasteiger partial charge in [0, 0.05) is 0 Å². The lowest BCUT2D eigenvalue weighted by Crippen LogP contribution is -1.98. The van der Waals surface area contributed by atoms with Crippen molar-refractivity contribution in [1.82, 2.24) is 0 Å². The number of hydrogen-bond donors (Lipinski definition) is 1. The molecule has 0 aromatic heterocycles. The second-order valence-corrected chi connectivity index (χ2v) is 2.78. The van der Waals surface area contributed by atoms with Crippen LogP contribution in [-0.4, -0.2) is 10.9 Å². The minimum atomic E-state index is -0.344. The second-order valence-electron chi connectivity index (χ2n) is 2.78. The first-order valence-electron chi connectivity index (χ1n) is 3.85. The van der Waals surface area contributed by atoms with Crippen LogP contribution in [0.3, 0.4) is 0 Å². The largest absolute Gasteiger partial charge is 0.507 e. The van der Waals surface area contributed by atoms with Crippen molar-refractivity contribution in [1.29, 1.82) is 5.26 Å². The minimum absolute atomic E-state index is 0.0640. The number of nitriles is 1. The van der Waals surface area contributed by atoms with E-state index in [-0.39, 0.29) is 23.5 Å². The molecule has 3 heteroatoms. The minimum Gasteiger partial charge on any atom is -0.507 e. The molecule has 66 valence electrons. The topological polar surface area (TPSA) is 61.1 Å². The molecule has 3 nitrogen and oxygen atoms in total. The fourth-order valence-corrected chi connectivity index (χ4v) is 1.04. The molecule has 0 bridgehead atoms. The van der Waals surface area contributed by atoms with Crippen LogP contribution in [0.1, 0.15) is 22.3 Å². The first-order chi connectivity index (χ1) is 6.15. The zero-order valence-corrected chi connectivity index (χ0v) is 7.24. The van der Waals surface area contributed by atoms with Crippen LogP contribution in [0.4, 0.5) is 0 Å². The van der Waals surface area contributed by atoms with E-state index in [0.717, 1.165) is 5.56 Å². The smallest absolute Gasteiger partial charge is 0.180 e. The molecular formula is C10H9NO2. The van der Waals surface area contributed by atoms with Gasteiger partial charge in [0.05, 0.1) is 18.1 Å². The standard InChI is InChI=1S/C10H9NO2/c1-7-2-3-9(12)8(6-7)10(13)4-5-11/h2-3,6,12H,4H2,1H3. The van der Waals surface area contributed by atoms with E-state index in [1.807, 2.05) is 6.92 Å². The lowest BCUT2D eigenvalue weighted by molar-refractivity contribution is 0.0995. The molecule has 0 aliphatic rings. The van der Waals surface area contributed by atoms with E-state index < -0.39 is 0 Å². The van der Waals surface area contributed by atoms with Gasteiger partial charge < -0.3 is 5.11 Å². The van der Waals surface area contributed by atoms with Crippen molar-refractivity contribution < 1.29 is 9.90 Å². The zero-order chi connectivity index (χ0) is 9.84. The van der Waals surface area contributed by atoms with Gasteiger partial charge in [-0.3, -0.25) is 4.79 Å². The van der Waals surface area contributed by atoms with Crippen molar-refractivity contribution in [3.8, 4) is 11.8 Å². The molecule has 0 radical (unpaired) electrons. The predicted molar refractivity (Wildman–Crippen MR) is 47.4 cm³/mol. The third-order valence-electron chi connectivity index (χ3n) is 1.69. The summed E-state index contributed by atoms with van der Waals surface area (Å²) in [4.78, 5) is 11.2. The van der Waals surface area contributed by atoms with Crippen molar-refractivity contribution in [2.24, 2.45) is 0 Å². The van der Waals surface area contributed by atoms with Crippen LogP contribution >= 0.6 is 0 Å². The summed E-state index contributed by atoms with van der Waals surface area (Å²) < 4.78 is 0. The Hall–Kier alpha value is -1.82. The Labute approximate surface area is 76.2 Å². The van der Waals surface area contributed by atoms with Gasteiger partial charge in [0.15, 0.2) is 5.78 Å². The summed E-state index contributed by atoms with van der Waals surface area (Å²) in [6.07, 6.45) is -0.197. The molecule has 0 fully saturated rings. The highest BCUT2D eigenvalue weighted by atomic mass is 16.3. The van der Waals surface area contributed by atoms with Gasteiger partial charge in [-0.15, -0.1) is 0 Å². The summed E-state index contributed by atoms with van der Waals surface area (Å²) in [6, 6.07) is 6.50. The van der Waals surface area contributed by atoms with Gasteiger partial charge in [-0.2, -0.15) is 5.26 Å². The number of nitrogens with zero attached hydrogens (tertiary/aromatic N) is 1. The molecule has 1 rings (SSSR count). The number of aromatic hydroxyl groups is 1. The Bertz CT molecular complexity index is 377. The molecule has 13 heavy (non-hydrogen) atoms. The molecule has 0 aliphatic heterocycles. The maximum absolute atomic E-state index is 11.2. The number of carbonyl (C=O) groups excluding carboxylic acids is 1. The van der Waals surface area contributed by atoms with Gasteiger partial charge >= 0.3 is 0 Å². The highest BCUT2D eigenvalue weighted by molar-refractivity contribution is 5.99. The molecule has 0 heterocycles. The first kappa shape index (κ1) is 9.27. The second kappa shape index (κ2) is 3.72. The summed E-state index contributed by atoms with van der Waals surface area (Å²) in [5, 5.41) is 17.6. The van der Waals surface area contributed by atoms with Gasteiger partial charge in [0.1, 0.15) is 5.75 Å². The molecule has 1 aromatic rings. The first-order valence-corrected chi connectivity index (χ1v) is 3.85. The van der Waals surface area contributed by atoms with Gasteiger partial charge in [0.2, 0.25) is 0 Å². The number of carbonyl (C=O) groups is 1. The Morgan fingerprint density at radius 1 is 1.62 bits per heavy atom. The summed E-state index contributed by atoms with van der Waals surface area (Å²) in [5.41, 5.74) is 1.11. The molecule has 0 spiro atoms. The number of benzene rings is 1. The molecule has 1 aromatic carbocycles. The lowest BCUT2D eigenvalue weighted by atomic mass is 10.1. The fraction of sp³-hybridized carbons (Fsp3) is 0.200. The highest BCUT2D eigenvalue weighted by Gasteiger charge is 2.09. The van der Waals surface area contributed by atoms with Gasteiger partial charge in [0.25, 0.3) is 0 Å². The van der Waals surface area contributed by atoms with Gasteiger partial charge in [-0.05, 0) is 19.1 Å². The number of rotatable bonds is 2. The molecule has 0 saturated heterocycles. The molecule has 0 saturated carbocycles. The van der Waals surface area contributed by atoms with Crippen LogP contribution in [0.5, 0.6) is 5.75 Å². The van der Waals surface area contributed by atoms with Crippen LogP contribution in [0, 0.1) is 18.3 Å². The zero-order valence-electron chi connectivity index (χ0n) is 7.24. The molecule has 1 N–H and O–H groups in total. The van der Waals surface area contributed by atoms with Crippen LogP contribution in [0.2, 0.25) is 0 Å². The number of aryl methyl sites for hydroxylation is 1. The Morgan fingerprint density at radius 3 is 2.92 bits per heavy atom. The SMILES string of the molecule is Cc1ccc(O)c(C(=O)CC#N)c1. The van der Waals surface area contributed by atoms with E-state index >= 15 is 0 Å². The van der Waals surface area contributed by atoms with Crippen molar-refractivity contribution in [2.75, 3.05) is 0 Å². The predicted octanol–water partition coefficient (Wildman–Crippen LogP) is 1.80. The Morgan fingerprint density at radius 2 is 2.31 bits per heavy atom. The number of phenols is 1. The monoisotopic (exact) mass is 175 g/mol. The summed E-state index contributed by atoms with van der Waals surface area (Å²) in [7, 11) is 0. The summed E-state index contributed by atoms with van der Waals surface area (Å²) in [5.74, 6) is -0.408. The molecule has 0 atom stereocenters.